The Kier molecular flexibility index (Phi) is 2.49. The van der Waals surface area contributed by atoms with Gasteiger partial charge in [-0.3, -0.25) is 0 Å². The van der Waals surface area contributed by atoms with Crippen molar-refractivity contribution in [2.75, 3.05) is 6.67 Å². The summed E-state index contributed by atoms with van der Waals surface area (Å²) in [6.45, 7) is -0.409. The highest BCUT2D eigenvalue weighted by atomic mass is 19.1. The molecule has 1 heterocycles. The van der Waals surface area contributed by atoms with Gasteiger partial charge < -0.3 is 0 Å². The van der Waals surface area contributed by atoms with Crippen molar-refractivity contribution in [3.05, 3.63) is 5.82 Å². The summed E-state index contributed by atoms with van der Waals surface area (Å²) in [5.41, 5.74) is 0. The van der Waals surface area contributed by atoms with Gasteiger partial charge in [0, 0.05) is 0 Å². The molecule has 0 bridgehead atoms. The zero-order valence-electron chi connectivity index (χ0n) is 5.74. The van der Waals surface area contributed by atoms with Crippen molar-refractivity contribution in [1.29, 1.82) is 5.26 Å². The van der Waals surface area contributed by atoms with Crippen LogP contribution in [0.2, 0.25) is 0 Å². The summed E-state index contributed by atoms with van der Waals surface area (Å²) in [6.07, 6.45) is 0.118. The van der Waals surface area contributed by atoms with Gasteiger partial charge in [0.1, 0.15) is 6.67 Å². The van der Waals surface area contributed by atoms with Crippen molar-refractivity contribution < 1.29 is 4.39 Å². The predicted octanol–water partition coefficient (Wildman–Crippen LogP) is -0.291. The Morgan fingerprint density at radius 1 is 1.64 bits per heavy atom. The Hall–Kier alpha value is -1.51. The number of alkyl halides is 1. The fourth-order valence-corrected chi connectivity index (χ4v) is 0.674. The Morgan fingerprint density at radius 2 is 2.45 bits per heavy atom. The van der Waals surface area contributed by atoms with E-state index in [1.807, 2.05) is 6.07 Å². The number of tetrazole rings is 1. The molecule has 0 aliphatic carbocycles. The van der Waals surface area contributed by atoms with Gasteiger partial charge in [0.25, 0.3) is 0 Å². The molecule has 0 aromatic carbocycles. The van der Waals surface area contributed by atoms with E-state index in [0.717, 1.165) is 0 Å². The zero-order chi connectivity index (χ0) is 8.10. The molecule has 0 radical (unpaired) electrons. The number of hydrogen-bond donors (Lipinski definition) is 0. The van der Waals surface area contributed by atoms with Gasteiger partial charge in [-0.15, -0.1) is 5.10 Å². The summed E-state index contributed by atoms with van der Waals surface area (Å²) in [5, 5.41) is 18.6. The maximum atomic E-state index is 11.8. The number of nitrogens with zero attached hydrogens (tertiary/aromatic N) is 5. The van der Waals surface area contributed by atoms with E-state index in [2.05, 4.69) is 15.5 Å². The SMILES string of the molecule is N#CCc1nnnn1CCF. The molecular formula is C5H6FN5. The third kappa shape index (κ3) is 1.70. The second-order valence-electron chi connectivity index (χ2n) is 1.84. The van der Waals surface area contributed by atoms with Crippen molar-refractivity contribution in [1.82, 2.24) is 20.2 Å². The molecule has 0 saturated carbocycles. The van der Waals surface area contributed by atoms with Gasteiger partial charge in [-0.1, -0.05) is 0 Å². The first-order valence-corrected chi connectivity index (χ1v) is 3.06. The quantitative estimate of drug-likeness (QED) is 0.601. The summed E-state index contributed by atoms with van der Waals surface area (Å²) in [4.78, 5) is 0. The minimum Gasteiger partial charge on any atom is -0.249 e. The number of hydrogen-bond acceptors (Lipinski definition) is 4. The summed E-state index contributed by atoms with van der Waals surface area (Å²) in [6, 6.07) is 1.88. The van der Waals surface area contributed by atoms with Crippen molar-refractivity contribution in [3.63, 3.8) is 0 Å². The number of nitriles is 1. The van der Waals surface area contributed by atoms with E-state index in [9.17, 15) is 4.39 Å². The minimum absolute atomic E-state index is 0.115. The smallest absolute Gasteiger partial charge is 0.165 e. The van der Waals surface area contributed by atoms with Crippen LogP contribution in [0.3, 0.4) is 0 Å². The second kappa shape index (κ2) is 3.61. The van der Waals surface area contributed by atoms with Crippen molar-refractivity contribution in [2.24, 2.45) is 0 Å². The molecule has 1 aromatic rings. The second-order valence-corrected chi connectivity index (χ2v) is 1.84. The van der Waals surface area contributed by atoms with Crippen molar-refractivity contribution >= 4 is 0 Å². The molecule has 0 fully saturated rings. The molecule has 5 nitrogen and oxygen atoms in total. The molecule has 58 valence electrons. The fourth-order valence-electron chi connectivity index (χ4n) is 0.674. The standard InChI is InChI=1S/C5H6FN5/c6-2-4-11-5(1-3-7)8-9-10-11/h1-2,4H2. The molecule has 0 spiro atoms. The summed E-state index contributed by atoms with van der Waals surface area (Å²) >= 11 is 0. The van der Waals surface area contributed by atoms with Crippen LogP contribution in [-0.2, 0) is 13.0 Å². The van der Waals surface area contributed by atoms with Crippen LogP contribution in [0.15, 0.2) is 0 Å². The van der Waals surface area contributed by atoms with Crippen molar-refractivity contribution in [2.45, 2.75) is 13.0 Å². The number of rotatable bonds is 3. The highest BCUT2D eigenvalue weighted by Crippen LogP contribution is 1.91. The van der Waals surface area contributed by atoms with Gasteiger partial charge in [0.2, 0.25) is 0 Å². The number of aromatic nitrogens is 4. The monoisotopic (exact) mass is 155 g/mol. The normalized spacial score (nSPS) is 9.45. The van der Waals surface area contributed by atoms with Gasteiger partial charge in [0.05, 0.1) is 19.0 Å². The molecule has 6 heteroatoms. The van der Waals surface area contributed by atoms with E-state index in [-0.39, 0.29) is 13.0 Å². The Labute approximate surface area is 62.4 Å². The van der Waals surface area contributed by atoms with E-state index < -0.39 is 6.67 Å². The largest absolute Gasteiger partial charge is 0.249 e. The van der Waals surface area contributed by atoms with Gasteiger partial charge >= 0.3 is 0 Å². The lowest BCUT2D eigenvalue weighted by molar-refractivity contribution is 0.416. The van der Waals surface area contributed by atoms with Crippen LogP contribution < -0.4 is 0 Å². The topological polar surface area (TPSA) is 67.4 Å². The van der Waals surface area contributed by atoms with Gasteiger partial charge in [-0.25, -0.2) is 9.07 Å². The van der Waals surface area contributed by atoms with Gasteiger partial charge in [0.15, 0.2) is 5.82 Å². The van der Waals surface area contributed by atoms with Crippen LogP contribution in [0.25, 0.3) is 0 Å². The van der Waals surface area contributed by atoms with Crippen LogP contribution in [0.4, 0.5) is 4.39 Å². The molecule has 0 aliphatic heterocycles. The van der Waals surface area contributed by atoms with Crippen LogP contribution in [-0.4, -0.2) is 26.9 Å². The van der Waals surface area contributed by atoms with E-state index in [1.54, 1.807) is 0 Å². The first-order chi connectivity index (χ1) is 5.38. The molecule has 1 rings (SSSR count). The average Bonchev–Trinajstić information content (AvgIpc) is 2.39. The zero-order valence-corrected chi connectivity index (χ0v) is 5.74. The maximum Gasteiger partial charge on any atom is 0.165 e. The summed E-state index contributed by atoms with van der Waals surface area (Å²) in [7, 11) is 0. The molecule has 0 unspecified atom stereocenters. The minimum atomic E-state index is -0.524. The first-order valence-electron chi connectivity index (χ1n) is 3.06. The number of halogens is 1. The Balaban J connectivity index is 2.71. The van der Waals surface area contributed by atoms with Gasteiger partial charge in [-0.05, 0) is 10.4 Å². The molecule has 0 amide bonds. The lowest BCUT2D eigenvalue weighted by Crippen LogP contribution is -2.06. The summed E-state index contributed by atoms with van der Waals surface area (Å²) in [5.74, 6) is 0.408. The Morgan fingerprint density at radius 3 is 3.09 bits per heavy atom. The molecule has 1 aromatic heterocycles. The van der Waals surface area contributed by atoms with Crippen LogP contribution in [0.5, 0.6) is 0 Å². The van der Waals surface area contributed by atoms with Crippen LogP contribution >= 0.6 is 0 Å². The lowest BCUT2D eigenvalue weighted by atomic mass is 10.4. The van der Waals surface area contributed by atoms with E-state index >= 15 is 0 Å². The Bertz CT molecular complexity index is 262. The third-order valence-corrected chi connectivity index (χ3v) is 1.14. The van der Waals surface area contributed by atoms with Crippen molar-refractivity contribution in [3.8, 4) is 6.07 Å². The number of aryl methyl sites for hydroxylation is 1. The average molecular weight is 155 g/mol. The highest BCUT2D eigenvalue weighted by molar-refractivity contribution is 4.91. The molecule has 0 saturated heterocycles. The predicted molar refractivity (Wildman–Crippen MR) is 33.1 cm³/mol. The third-order valence-electron chi connectivity index (χ3n) is 1.14. The highest BCUT2D eigenvalue weighted by Gasteiger charge is 2.03. The van der Waals surface area contributed by atoms with Gasteiger partial charge in [-0.2, -0.15) is 5.26 Å². The molecule has 11 heavy (non-hydrogen) atoms. The molecule has 0 N–H and O–H groups in total. The first kappa shape index (κ1) is 7.60. The fraction of sp³-hybridized carbons (Fsp3) is 0.600. The van der Waals surface area contributed by atoms with E-state index in [4.69, 9.17) is 5.26 Å². The maximum absolute atomic E-state index is 11.8. The van der Waals surface area contributed by atoms with E-state index in [0.29, 0.717) is 5.82 Å². The molecule has 0 aliphatic rings. The summed E-state index contributed by atoms with van der Waals surface area (Å²) < 4.78 is 13.1. The van der Waals surface area contributed by atoms with Crippen LogP contribution in [0, 0.1) is 11.3 Å². The lowest BCUT2D eigenvalue weighted by Gasteiger charge is -1.95. The van der Waals surface area contributed by atoms with Crippen LogP contribution in [0.1, 0.15) is 5.82 Å². The molecule has 0 atom stereocenters. The molecular weight excluding hydrogens is 149 g/mol. The van der Waals surface area contributed by atoms with E-state index in [1.165, 1.54) is 4.68 Å².